The Morgan fingerprint density at radius 2 is 0.486 bits per heavy atom. The van der Waals surface area contributed by atoms with E-state index in [9.17, 15) is 14.4 Å². The summed E-state index contributed by atoms with van der Waals surface area (Å²) in [7, 11) is 0. The number of ether oxygens (including phenoxy) is 3. The summed E-state index contributed by atoms with van der Waals surface area (Å²) in [5.74, 6) is -0.835. The molecule has 436 valence electrons. The maximum atomic E-state index is 12.9. The van der Waals surface area contributed by atoms with Crippen LogP contribution in [0, 0.1) is 0 Å². The van der Waals surface area contributed by atoms with Crippen LogP contribution in [0.5, 0.6) is 0 Å². The molecular formula is C68H128O6. The first-order chi connectivity index (χ1) is 36.5. The summed E-state index contributed by atoms with van der Waals surface area (Å²) in [6.45, 7) is 6.69. The smallest absolute Gasteiger partial charge is 0.306 e. The fourth-order valence-electron chi connectivity index (χ4n) is 10.2. The molecule has 1 unspecified atom stereocenters. The maximum Gasteiger partial charge on any atom is 0.306 e. The van der Waals surface area contributed by atoms with Gasteiger partial charge < -0.3 is 14.2 Å². The zero-order chi connectivity index (χ0) is 53.6. The van der Waals surface area contributed by atoms with Crippen LogP contribution >= 0.6 is 0 Å². The van der Waals surface area contributed by atoms with E-state index in [1.165, 1.54) is 270 Å². The SMILES string of the molecule is CCCCCCC/C=C\C/C=C\CCCCCCCCCCCCCCCCCCCC(=O)OCC(COC(=O)CCCCCCCCCCCCCCC)OC(=O)CCCCCCCCCCCCCCCC. The van der Waals surface area contributed by atoms with E-state index < -0.39 is 6.10 Å². The number of hydrogen-bond acceptors (Lipinski definition) is 6. The molecule has 0 heterocycles. The molecular weight excluding hydrogens is 913 g/mol. The fraction of sp³-hybridized carbons (Fsp3) is 0.897. The minimum absolute atomic E-state index is 0.0636. The second-order valence-electron chi connectivity index (χ2n) is 22.7. The molecule has 0 radical (unpaired) electrons. The van der Waals surface area contributed by atoms with Crippen LogP contribution < -0.4 is 0 Å². The Morgan fingerprint density at radius 3 is 0.743 bits per heavy atom. The van der Waals surface area contributed by atoms with Crippen molar-refractivity contribution in [3.05, 3.63) is 24.3 Å². The Labute approximate surface area is 462 Å². The molecule has 0 N–H and O–H groups in total. The van der Waals surface area contributed by atoms with Crippen molar-refractivity contribution in [1.82, 2.24) is 0 Å². The number of esters is 3. The van der Waals surface area contributed by atoms with Gasteiger partial charge in [0.15, 0.2) is 6.10 Å². The Kier molecular flexibility index (Phi) is 61.6. The Bertz CT molecular complexity index is 1190. The molecule has 0 aromatic rings. The predicted octanol–water partition coefficient (Wildman–Crippen LogP) is 22.6. The first kappa shape index (κ1) is 71.9. The van der Waals surface area contributed by atoms with Crippen LogP contribution in [-0.4, -0.2) is 37.2 Å². The highest BCUT2D eigenvalue weighted by Gasteiger charge is 2.19. The van der Waals surface area contributed by atoms with Gasteiger partial charge >= 0.3 is 17.9 Å². The lowest BCUT2D eigenvalue weighted by molar-refractivity contribution is -0.167. The van der Waals surface area contributed by atoms with Gasteiger partial charge in [-0.15, -0.1) is 0 Å². The third kappa shape index (κ3) is 60.8. The minimum atomic E-state index is -0.765. The van der Waals surface area contributed by atoms with E-state index in [0.29, 0.717) is 19.3 Å². The van der Waals surface area contributed by atoms with Crippen LogP contribution in [0.2, 0.25) is 0 Å². The summed E-state index contributed by atoms with van der Waals surface area (Å²) in [6.07, 6.45) is 76.3. The summed E-state index contributed by atoms with van der Waals surface area (Å²) in [6, 6.07) is 0. The van der Waals surface area contributed by atoms with Gasteiger partial charge in [0.05, 0.1) is 0 Å². The Balaban J connectivity index is 4.13. The molecule has 0 fully saturated rings. The normalized spacial score (nSPS) is 12.1. The quantitative estimate of drug-likeness (QED) is 0.0261. The van der Waals surface area contributed by atoms with Gasteiger partial charge in [-0.3, -0.25) is 14.4 Å². The highest BCUT2D eigenvalue weighted by molar-refractivity contribution is 5.71. The Hall–Kier alpha value is -2.11. The summed E-state index contributed by atoms with van der Waals surface area (Å²) in [4.78, 5) is 38.3. The van der Waals surface area contributed by atoms with Gasteiger partial charge in [0.2, 0.25) is 0 Å². The minimum Gasteiger partial charge on any atom is -0.462 e. The molecule has 0 spiro atoms. The largest absolute Gasteiger partial charge is 0.462 e. The third-order valence-electron chi connectivity index (χ3n) is 15.2. The van der Waals surface area contributed by atoms with Crippen LogP contribution in [0.1, 0.15) is 374 Å². The lowest BCUT2D eigenvalue weighted by atomic mass is 10.0. The van der Waals surface area contributed by atoms with Crippen LogP contribution in [-0.2, 0) is 28.6 Å². The van der Waals surface area contributed by atoms with Crippen LogP contribution in [0.25, 0.3) is 0 Å². The fourth-order valence-corrected chi connectivity index (χ4v) is 10.2. The first-order valence-corrected chi connectivity index (χ1v) is 33.3. The molecule has 0 saturated heterocycles. The summed E-state index contributed by atoms with van der Waals surface area (Å²) in [5.41, 5.74) is 0. The van der Waals surface area contributed by atoms with Crippen molar-refractivity contribution in [2.45, 2.75) is 380 Å². The lowest BCUT2D eigenvalue weighted by Crippen LogP contribution is -2.30. The van der Waals surface area contributed by atoms with Gasteiger partial charge in [-0.2, -0.15) is 0 Å². The zero-order valence-electron chi connectivity index (χ0n) is 50.1. The average Bonchev–Trinajstić information content (AvgIpc) is 3.40. The number of rotatable bonds is 62. The molecule has 74 heavy (non-hydrogen) atoms. The van der Waals surface area contributed by atoms with Gasteiger partial charge in [-0.1, -0.05) is 328 Å². The standard InChI is InChI=1S/C68H128O6/c1-4-7-10-13-16-19-22-25-27-28-29-30-31-32-33-34-35-36-37-38-39-40-41-44-46-49-52-55-58-61-67(70)73-64-65(63-72-66(69)60-57-54-51-48-45-42-24-21-18-15-12-9-6-3)74-68(71)62-59-56-53-50-47-43-26-23-20-17-14-11-8-5-2/h22,25,28-29,65H,4-21,23-24,26-27,30-64H2,1-3H3/b25-22-,29-28-. The van der Waals surface area contributed by atoms with Gasteiger partial charge in [0, 0.05) is 19.3 Å². The zero-order valence-corrected chi connectivity index (χ0v) is 50.1. The molecule has 0 bridgehead atoms. The molecule has 0 aliphatic carbocycles. The molecule has 6 nitrogen and oxygen atoms in total. The highest BCUT2D eigenvalue weighted by Crippen LogP contribution is 2.18. The molecule has 6 heteroatoms. The summed E-state index contributed by atoms with van der Waals surface area (Å²) < 4.78 is 16.9. The van der Waals surface area contributed by atoms with E-state index in [1.807, 2.05) is 0 Å². The lowest BCUT2D eigenvalue weighted by Gasteiger charge is -2.18. The van der Waals surface area contributed by atoms with E-state index in [-0.39, 0.29) is 31.1 Å². The number of carbonyl (C=O) groups excluding carboxylic acids is 3. The molecule has 0 aromatic carbocycles. The van der Waals surface area contributed by atoms with E-state index >= 15 is 0 Å². The number of allylic oxidation sites excluding steroid dienone is 4. The molecule has 0 rings (SSSR count). The van der Waals surface area contributed by atoms with E-state index in [2.05, 4.69) is 45.1 Å². The second kappa shape index (κ2) is 63.4. The van der Waals surface area contributed by atoms with E-state index in [4.69, 9.17) is 14.2 Å². The molecule has 0 aromatic heterocycles. The first-order valence-electron chi connectivity index (χ1n) is 33.3. The number of unbranched alkanes of at least 4 members (excludes halogenated alkanes) is 47. The maximum absolute atomic E-state index is 12.9. The van der Waals surface area contributed by atoms with Crippen molar-refractivity contribution < 1.29 is 28.6 Å². The van der Waals surface area contributed by atoms with Crippen molar-refractivity contribution >= 4 is 17.9 Å². The number of carbonyl (C=O) groups is 3. The Morgan fingerprint density at radius 1 is 0.270 bits per heavy atom. The molecule has 0 amide bonds. The van der Waals surface area contributed by atoms with Crippen molar-refractivity contribution in [3.63, 3.8) is 0 Å². The summed E-state index contributed by atoms with van der Waals surface area (Å²) in [5, 5.41) is 0. The van der Waals surface area contributed by atoms with Crippen molar-refractivity contribution in [2.75, 3.05) is 13.2 Å². The molecule has 1 atom stereocenters. The average molecular weight is 1040 g/mol. The van der Waals surface area contributed by atoms with Crippen molar-refractivity contribution in [3.8, 4) is 0 Å². The number of hydrogen-bond donors (Lipinski definition) is 0. The van der Waals surface area contributed by atoms with Gasteiger partial charge in [-0.25, -0.2) is 0 Å². The second-order valence-corrected chi connectivity index (χ2v) is 22.7. The van der Waals surface area contributed by atoms with Crippen LogP contribution in [0.4, 0.5) is 0 Å². The third-order valence-corrected chi connectivity index (χ3v) is 15.2. The van der Waals surface area contributed by atoms with Crippen molar-refractivity contribution in [2.24, 2.45) is 0 Å². The van der Waals surface area contributed by atoms with Crippen molar-refractivity contribution in [1.29, 1.82) is 0 Å². The van der Waals surface area contributed by atoms with Gasteiger partial charge in [-0.05, 0) is 51.4 Å². The van der Waals surface area contributed by atoms with Gasteiger partial charge in [0.1, 0.15) is 13.2 Å². The predicted molar refractivity (Wildman–Crippen MR) is 321 cm³/mol. The topological polar surface area (TPSA) is 78.9 Å². The van der Waals surface area contributed by atoms with Gasteiger partial charge in [0.25, 0.3) is 0 Å². The highest BCUT2D eigenvalue weighted by atomic mass is 16.6. The van der Waals surface area contributed by atoms with Crippen LogP contribution in [0.15, 0.2) is 24.3 Å². The van der Waals surface area contributed by atoms with E-state index in [0.717, 1.165) is 64.2 Å². The molecule has 0 saturated carbocycles. The van der Waals surface area contributed by atoms with Crippen LogP contribution in [0.3, 0.4) is 0 Å². The molecule has 0 aliphatic rings. The monoisotopic (exact) mass is 1040 g/mol. The summed E-state index contributed by atoms with van der Waals surface area (Å²) >= 11 is 0. The molecule has 0 aliphatic heterocycles. The van der Waals surface area contributed by atoms with E-state index in [1.54, 1.807) is 0 Å².